The first-order chi connectivity index (χ1) is 7.16. The number of aromatic carboxylic acids is 1. The van der Waals surface area contributed by atoms with Crippen LogP contribution in [-0.4, -0.2) is 11.1 Å². The SMILES string of the molecule is O=C(O)c1cc(Cl)cc(-c2ccoc2)c1. The Kier molecular flexibility index (Phi) is 2.47. The number of carboxylic acid groups (broad SMARTS) is 1. The van der Waals surface area contributed by atoms with Gasteiger partial charge in [-0.15, -0.1) is 0 Å². The zero-order valence-electron chi connectivity index (χ0n) is 7.61. The molecule has 0 saturated heterocycles. The Morgan fingerprint density at radius 3 is 2.67 bits per heavy atom. The largest absolute Gasteiger partial charge is 0.478 e. The summed E-state index contributed by atoms with van der Waals surface area (Å²) in [5.74, 6) is -0.998. The first-order valence-electron chi connectivity index (χ1n) is 4.23. The van der Waals surface area contributed by atoms with Gasteiger partial charge in [0, 0.05) is 10.6 Å². The van der Waals surface area contributed by atoms with Crippen LogP contribution in [0.5, 0.6) is 0 Å². The van der Waals surface area contributed by atoms with E-state index in [1.165, 1.54) is 18.6 Å². The Morgan fingerprint density at radius 2 is 2.07 bits per heavy atom. The summed E-state index contributed by atoms with van der Waals surface area (Å²) in [6.45, 7) is 0. The molecule has 0 amide bonds. The Balaban J connectivity index is 2.54. The lowest BCUT2D eigenvalue weighted by Gasteiger charge is -2.01. The van der Waals surface area contributed by atoms with Crippen molar-refractivity contribution in [1.82, 2.24) is 0 Å². The molecule has 76 valence electrons. The van der Waals surface area contributed by atoms with Gasteiger partial charge in [-0.2, -0.15) is 0 Å². The summed E-state index contributed by atoms with van der Waals surface area (Å²) in [6.07, 6.45) is 3.06. The molecule has 1 aromatic carbocycles. The van der Waals surface area contributed by atoms with E-state index in [4.69, 9.17) is 21.1 Å². The van der Waals surface area contributed by atoms with E-state index in [9.17, 15) is 4.79 Å². The van der Waals surface area contributed by atoms with Crippen molar-refractivity contribution in [1.29, 1.82) is 0 Å². The lowest BCUT2D eigenvalue weighted by Crippen LogP contribution is -1.96. The van der Waals surface area contributed by atoms with Crippen molar-refractivity contribution in [2.75, 3.05) is 0 Å². The predicted molar refractivity (Wildman–Crippen MR) is 56.1 cm³/mol. The first-order valence-corrected chi connectivity index (χ1v) is 4.61. The maximum atomic E-state index is 10.8. The highest BCUT2D eigenvalue weighted by molar-refractivity contribution is 6.31. The molecule has 3 nitrogen and oxygen atoms in total. The highest BCUT2D eigenvalue weighted by Crippen LogP contribution is 2.25. The topological polar surface area (TPSA) is 50.4 Å². The third-order valence-corrected chi connectivity index (χ3v) is 2.22. The molecule has 2 aromatic rings. The molecule has 0 saturated carbocycles. The minimum Gasteiger partial charge on any atom is -0.478 e. The van der Waals surface area contributed by atoms with E-state index in [2.05, 4.69) is 0 Å². The summed E-state index contributed by atoms with van der Waals surface area (Å²) in [4.78, 5) is 10.8. The monoisotopic (exact) mass is 222 g/mol. The molecule has 0 spiro atoms. The van der Waals surface area contributed by atoms with Gasteiger partial charge >= 0.3 is 5.97 Å². The van der Waals surface area contributed by atoms with Crippen molar-refractivity contribution in [2.45, 2.75) is 0 Å². The molecule has 15 heavy (non-hydrogen) atoms. The number of carbonyl (C=O) groups is 1. The number of furan rings is 1. The molecule has 0 aliphatic rings. The van der Waals surface area contributed by atoms with Crippen molar-refractivity contribution in [3.05, 3.63) is 47.4 Å². The Hall–Kier alpha value is -1.74. The van der Waals surface area contributed by atoms with Gasteiger partial charge in [-0.1, -0.05) is 11.6 Å². The van der Waals surface area contributed by atoms with Crippen molar-refractivity contribution >= 4 is 17.6 Å². The van der Waals surface area contributed by atoms with Crippen LogP contribution >= 0.6 is 11.6 Å². The second-order valence-electron chi connectivity index (χ2n) is 3.05. The molecular weight excluding hydrogens is 216 g/mol. The van der Waals surface area contributed by atoms with Gasteiger partial charge in [-0.25, -0.2) is 4.79 Å². The molecule has 0 fully saturated rings. The molecular formula is C11H7ClO3. The predicted octanol–water partition coefficient (Wildman–Crippen LogP) is 3.30. The van der Waals surface area contributed by atoms with Gasteiger partial charge in [0.25, 0.3) is 0 Å². The van der Waals surface area contributed by atoms with E-state index < -0.39 is 5.97 Å². The number of rotatable bonds is 2. The van der Waals surface area contributed by atoms with E-state index in [1.807, 2.05) is 0 Å². The molecule has 0 atom stereocenters. The fourth-order valence-corrected chi connectivity index (χ4v) is 1.54. The normalized spacial score (nSPS) is 10.2. The van der Waals surface area contributed by atoms with Crippen LogP contribution in [0.25, 0.3) is 11.1 Å². The lowest BCUT2D eigenvalue weighted by atomic mass is 10.1. The standard InChI is InChI=1S/C11H7ClO3/c12-10-4-8(7-1-2-15-6-7)3-9(5-10)11(13)14/h1-6H,(H,13,14). The molecule has 2 rings (SSSR count). The average molecular weight is 223 g/mol. The number of halogens is 1. The summed E-state index contributed by atoms with van der Waals surface area (Å²) in [7, 11) is 0. The summed E-state index contributed by atoms with van der Waals surface area (Å²) in [6, 6.07) is 6.41. The zero-order chi connectivity index (χ0) is 10.8. The quantitative estimate of drug-likeness (QED) is 0.848. The van der Waals surface area contributed by atoms with Gasteiger partial charge in [0.05, 0.1) is 18.1 Å². The number of hydrogen-bond donors (Lipinski definition) is 1. The van der Waals surface area contributed by atoms with Crippen molar-refractivity contribution in [3.8, 4) is 11.1 Å². The van der Waals surface area contributed by atoms with E-state index in [-0.39, 0.29) is 5.56 Å². The number of benzene rings is 1. The van der Waals surface area contributed by atoms with E-state index in [0.717, 1.165) is 11.1 Å². The van der Waals surface area contributed by atoms with Crippen LogP contribution in [0.1, 0.15) is 10.4 Å². The molecule has 1 aromatic heterocycles. The molecule has 0 bridgehead atoms. The Labute approximate surface area is 90.9 Å². The van der Waals surface area contributed by atoms with E-state index in [1.54, 1.807) is 18.2 Å². The molecule has 0 aliphatic carbocycles. The fraction of sp³-hybridized carbons (Fsp3) is 0. The van der Waals surface area contributed by atoms with Crippen LogP contribution in [0.15, 0.2) is 41.2 Å². The second-order valence-corrected chi connectivity index (χ2v) is 3.48. The Bertz CT molecular complexity index is 489. The van der Waals surface area contributed by atoms with Crippen LogP contribution in [-0.2, 0) is 0 Å². The third kappa shape index (κ3) is 2.02. The van der Waals surface area contributed by atoms with Crippen molar-refractivity contribution < 1.29 is 14.3 Å². The summed E-state index contributed by atoms with van der Waals surface area (Å²) < 4.78 is 4.92. The number of carboxylic acids is 1. The van der Waals surface area contributed by atoms with Crippen LogP contribution in [0, 0.1) is 0 Å². The molecule has 0 radical (unpaired) electrons. The third-order valence-electron chi connectivity index (χ3n) is 2.00. The van der Waals surface area contributed by atoms with Crippen LogP contribution < -0.4 is 0 Å². The van der Waals surface area contributed by atoms with Crippen molar-refractivity contribution in [3.63, 3.8) is 0 Å². The van der Waals surface area contributed by atoms with Crippen molar-refractivity contribution in [2.24, 2.45) is 0 Å². The Morgan fingerprint density at radius 1 is 1.27 bits per heavy atom. The van der Waals surface area contributed by atoms with Gasteiger partial charge in [0.15, 0.2) is 0 Å². The lowest BCUT2D eigenvalue weighted by molar-refractivity contribution is 0.0697. The minimum absolute atomic E-state index is 0.165. The van der Waals surface area contributed by atoms with Crippen LogP contribution in [0.4, 0.5) is 0 Å². The van der Waals surface area contributed by atoms with Gasteiger partial charge < -0.3 is 9.52 Å². The summed E-state index contributed by atoms with van der Waals surface area (Å²) in [5.41, 5.74) is 1.70. The second kappa shape index (κ2) is 3.79. The van der Waals surface area contributed by atoms with Crippen LogP contribution in [0.2, 0.25) is 5.02 Å². The molecule has 1 N–H and O–H groups in total. The van der Waals surface area contributed by atoms with Crippen LogP contribution in [0.3, 0.4) is 0 Å². The highest BCUT2D eigenvalue weighted by atomic mass is 35.5. The average Bonchev–Trinajstić information content (AvgIpc) is 2.69. The maximum absolute atomic E-state index is 10.8. The van der Waals surface area contributed by atoms with E-state index in [0.29, 0.717) is 5.02 Å². The van der Waals surface area contributed by atoms with E-state index >= 15 is 0 Å². The smallest absolute Gasteiger partial charge is 0.335 e. The molecule has 1 heterocycles. The zero-order valence-corrected chi connectivity index (χ0v) is 8.36. The molecule has 0 unspecified atom stereocenters. The minimum atomic E-state index is -0.998. The van der Waals surface area contributed by atoms with Gasteiger partial charge in [0.1, 0.15) is 0 Å². The van der Waals surface area contributed by atoms with Gasteiger partial charge in [-0.3, -0.25) is 0 Å². The number of hydrogen-bond acceptors (Lipinski definition) is 2. The highest BCUT2D eigenvalue weighted by Gasteiger charge is 2.07. The summed E-state index contributed by atoms with van der Waals surface area (Å²) in [5, 5.41) is 9.24. The fourth-order valence-electron chi connectivity index (χ4n) is 1.31. The molecule has 4 heteroatoms. The molecule has 0 aliphatic heterocycles. The maximum Gasteiger partial charge on any atom is 0.335 e. The van der Waals surface area contributed by atoms with Gasteiger partial charge in [-0.05, 0) is 29.8 Å². The first kappa shape index (κ1) is 9.80. The van der Waals surface area contributed by atoms with Gasteiger partial charge in [0.2, 0.25) is 0 Å². The summed E-state index contributed by atoms with van der Waals surface area (Å²) >= 11 is 5.82.